The smallest absolute Gasteiger partial charge is 0.315 e. The first-order chi connectivity index (χ1) is 30.0. The lowest BCUT2D eigenvalue weighted by Gasteiger charge is -2.38. The summed E-state index contributed by atoms with van der Waals surface area (Å²) in [5, 5.41) is 0. The Labute approximate surface area is 383 Å². The molecule has 0 unspecified atom stereocenters. The molecule has 0 saturated heterocycles. The highest BCUT2D eigenvalue weighted by Crippen LogP contribution is 2.25. The van der Waals surface area contributed by atoms with E-state index in [4.69, 9.17) is 79.3 Å². The molecule has 0 aliphatic carbocycles. The first-order valence-corrected chi connectivity index (χ1v) is 33.1. The van der Waals surface area contributed by atoms with E-state index in [1.54, 1.807) is 0 Å². The normalized spacial score (nSPS) is 12.6. The molecule has 62 heavy (non-hydrogen) atoms. The summed E-state index contributed by atoms with van der Waals surface area (Å²) in [5.41, 5.74) is 0. The van der Waals surface area contributed by atoms with Gasteiger partial charge in [0.1, 0.15) is 0 Å². The molecule has 0 saturated carbocycles. The van der Waals surface area contributed by atoms with Crippen LogP contribution in [0.2, 0.25) is 51.9 Å². The van der Waals surface area contributed by atoms with Gasteiger partial charge < -0.3 is 79.3 Å². The Hall–Kier alpha value is 0.321. The SMILES string of the molecule is CCOCCOCCOCCOCCOCCOCCOCCOCCOCCOCCOCCOCCOCCOCCOCCSCC[Si](C)(O[Si](C)(C)C)O[Si](C)(C)C. The van der Waals surface area contributed by atoms with E-state index in [0.717, 1.165) is 17.5 Å². The highest BCUT2D eigenvalue weighted by Gasteiger charge is 2.39. The molecule has 17 nitrogen and oxygen atoms in total. The quantitative estimate of drug-likeness (QED) is 0.0607. The van der Waals surface area contributed by atoms with Crippen molar-refractivity contribution in [3.05, 3.63) is 0 Å². The summed E-state index contributed by atoms with van der Waals surface area (Å²) < 4.78 is 95.6. The summed E-state index contributed by atoms with van der Waals surface area (Å²) in [5.74, 6) is 2.00. The molecule has 0 radical (unpaired) electrons. The molecule has 0 aliphatic rings. The zero-order valence-corrected chi connectivity index (χ0v) is 44.0. The van der Waals surface area contributed by atoms with Gasteiger partial charge in [0, 0.05) is 12.4 Å². The second-order valence-corrected chi connectivity index (χ2v) is 29.8. The molecule has 0 spiro atoms. The molecule has 374 valence electrons. The molecule has 0 aromatic rings. The number of thioether (sulfide) groups is 1. The van der Waals surface area contributed by atoms with Crippen LogP contribution in [-0.2, 0) is 79.3 Å². The van der Waals surface area contributed by atoms with Crippen molar-refractivity contribution in [3.63, 3.8) is 0 Å². The summed E-state index contributed by atoms with van der Waals surface area (Å²) in [6.07, 6.45) is 0. The van der Waals surface area contributed by atoms with Gasteiger partial charge in [-0.1, -0.05) is 0 Å². The number of hydrogen-bond donors (Lipinski definition) is 0. The average molecular weight is 971 g/mol. The zero-order chi connectivity index (χ0) is 45.6. The number of rotatable bonds is 53. The monoisotopic (exact) mass is 971 g/mol. The largest absolute Gasteiger partial charge is 0.437 e. The van der Waals surface area contributed by atoms with Gasteiger partial charge in [0.25, 0.3) is 0 Å². The van der Waals surface area contributed by atoms with Crippen molar-refractivity contribution in [2.45, 2.75) is 58.8 Å². The molecule has 0 heterocycles. The summed E-state index contributed by atoms with van der Waals surface area (Å²) >= 11 is 1.91. The van der Waals surface area contributed by atoms with Crippen LogP contribution < -0.4 is 0 Å². The van der Waals surface area contributed by atoms with Crippen LogP contribution in [0.15, 0.2) is 0 Å². The van der Waals surface area contributed by atoms with Crippen molar-refractivity contribution >= 4 is 37.0 Å². The second-order valence-electron chi connectivity index (χ2n) is 15.7. The lowest BCUT2D eigenvalue weighted by Crippen LogP contribution is -2.52. The highest BCUT2D eigenvalue weighted by molar-refractivity contribution is 7.99. The Kier molecular flexibility index (Phi) is 46.7. The van der Waals surface area contributed by atoms with Gasteiger partial charge in [-0.15, -0.1) is 0 Å². The summed E-state index contributed by atoms with van der Waals surface area (Å²) in [6, 6.07) is 1.01. The van der Waals surface area contributed by atoms with Gasteiger partial charge in [0.05, 0.1) is 192 Å². The van der Waals surface area contributed by atoms with Crippen LogP contribution in [0.1, 0.15) is 6.92 Å². The van der Waals surface area contributed by atoms with Crippen LogP contribution in [0.5, 0.6) is 0 Å². The fourth-order valence-electron chi connectivity index (χ4n) is 5.12. The third-order valence-electron chi connectivity index (χ3n) is 7.53. The zero-order valence-electron chi connectivity index (χ0n) is 40.2. The minimum atomic E-state index is -2.15. The average Bonchev–Trinajstić information content (AvgIpc) is 3.20. The van der Waals surface area contributed by atoms with Gasteiger partial charge in [0.15, 0.2) is 16.6 Å². The minimum absolute atomic E-state index is 0.503. The molecule has 21 heteroatoms. The van der Waals surface area contributed by atoms with Gasteiger partial charge in [-0.2, -0.15) is 11.8 Å². The van der Waals surface area contributed by atoms with Crippen LogP contribution in [0.4, 0.5) is 0 Å². The van der Waals surface area contributed by atoms with Gasteiger partial charge in [-0.3, -0.25) is 0 Å². The Balaban J connectivity index is 3.22. The predicted octanol–water partition coefficient (Wildman–Crippen LogP) is 4.76. The Morgan fingerprint density at radius 3 is 0.645 bits per heavy atom. The van der Waals surface area contributed by atoms with E-state index in [2.05, 4.69) is 45.8 Å². The van der Waals surface area contributed by atoms with Crippen LogP contribution in [0.3, 0.4) is 0 Å². The Bertz CT molecular complexity index is 881. The van der Waals surface area contributed by atoms with Crippen LogP contribution in [0.25, 0.3) is 0 Å². The van der Waals surface area contributed by atoms with Crippen LogP contribution in [0, 0.1) is 0 Å². The van der Waals surface area contributed by atoms with Crippen molar-refractivity contribution in [1.29, 1.82) is 0 Å². The maximum absolute atomic E-state index is 6.58. The molecular weight excluding hydrogens is 881 g/mol. The van der Waals surface area contributed by atoms with E-state index in [-0.39, 0.29) is 0 Å². The standard InChI is InChI=1S/C41H90O17SSi3/c1-9-42-10-11-43-12-13-44-14-15-45-16-17-46-18-19-47-20-21-48-22-23-49-24-25-50-26-27-51-28-29-52-30-31-53-32-33-54-34-35-55-36-37-56-38-39-59-40-41-62(8,57-60(2,3)4)58-61(5,6)7/h9-41H2,1-8H3. The lowest BCUT2D eigenvalue weighted by atomic mass is 10.6. The van der Waals surface area contributed by atoms with E-state index in [1.807, 2.05) is 18.7 Å². The molecule has 0 atom stereocenters. The van der Waals surface area contributed by atoms with Gasteiger partial charge in [-0.05, 0) is 64.5 Å². The molecule has 0 N–H and O–H groups in total. The molecule has 0 aromatic carbocycles. The molecule has 0 amide bonds. The van der Waals surface area contributed by atoms with Crippen molar-refractivity contribution < 1.29 is 79.3 Å². The molecule has 0 fully saturated rings. The maximum Gasteiger partial charge on any atom is 0.315 e. The highest BCUT2D eigenvalue weighted by atomic mass is 32.2. The molecule has 0 rings (SSSR count). The number of ether oxygens (including phenoxy) is 15. The summed E-state index contributed by atoms with van der Waals surface area (Å²) in [7, 11) is -5.45. The van der Waals surface area contributed by atoms with Gasteiger partial charge in [0.2, 0.25) is 0 Å². The van der Waals surface area contributed by atoms with E-state index in [0.29, 0.717) is 198 Å². The third-order valence-corrected chi connectivity index (χ3v) is 18.4. The first kappa shape index (κ1) is 62.3. The fourth-order valence-corrected chi connectivity index (χ4v) is 19.3. The summed E-state index contributed by atoms with van der Waals surface area (Å²) in [6.45, 7) is 33.8. The molecule has 0 aliphatic heterocycles. The fraction of sp³-hybridized carbons (Fsp3) is 1.00. The summed E-state index contributed by atoms with van der Waals surface area (Å²) in [4.78, 5) is 0. The van der Waals surface area contributed by atoms with Gasteiger partial charge >= 0.3 is 8.56 Å². The van der Waals surface area contributed by atoms with E-state index >= 15 is 0 Å². The van der Waals surface area contributed by atoms with E-state index < -0.39 is 25.2 Å². The van der Waals surface area contributed by atoms with Gasteiger partial charge in [-0.25, -0.2) is 0 Å². The van der Waals surface area contributed by atoms with Crippen LogP contribution >= 0.6 is 11.8 Å². The van der Waals surface area contributed by atoms with Crippen LogP contribution in [-0.4, -0.2) is 235 Å². The maximum atomic E-state index is 6.58. The van der Waals surface area contributed by atoms with Crippen molar-refractivity contribution in [3.8, 4) is 0 Å². The van der Waals surface area contributed by atoms with Crippen molar-refractivity contribution in [2.75, 3.05) is 210 Å². The predicted molar refractivity (Wildman–Crippen MR) is 251 cm³/mol. The number of hydrogen-bond acceptors (Lipinski definition) is 18. The van der Waals surface area contributed by atoms with E-state index in [1.165, 1.54) is 0 Å². The Morgan fingerprint density at radius 1 is 0.258 bits per heavy atom. The molecule has 0 bridgehead atoms. The lowest BCUT2D eigenvalue weighted by molar-refractivity contribution is -0.0299. The third kappa shape index (κ3) is 52.9. The minimum Gasteiger partial charge on any atom is -0.437 e. The Morgan fingerprint density at radius 2 is 0.452 bits per heavy atom. The van der Waals surface area contributed by atoms with E-state index in [9.17, 15) is 0 Å². The molecule has 0 aromatic heterocycles. The topological polar surface area (TPSA) is 157 Å². The van der Waals surface area contributed by atoms with Crippen molar-refractivity contribution in [2.24, 2.45) is 0 Å². The first-order valence-electron chi connectivity index (χ1n) is 22.6. The molecular formula is C41H90O17SSi3. The van der Waals surface area contributed by atoms with Crippen molar-refractivity contribution in [1.82, 2.24) is 0 Å². The second kappa shape index (κ2) is 46.4.